The van der Waals surface area contributed by atoms with Gasteiger partial charge >= 0.3 is 5.97 Å². The summed E-state index contributed by atoms with van der Waals surface area (Å²) in [5, 5.41) is 3.93. The molecule has 20 heavy (non-hydrogen) atoms. The second-order valence-electron chi connectivity index (χ2n) is 4.68. The van der Waals surface area contributed by atoms with E-state index in [4.69, 9.17) is 13.7 Å². The first-order chi connectivity index (χ1) is 9.78. The van der Waals surface area contributed by atoms with Crippen molar-refractivity contribution in [2.75, 3.05) is 13.7 Å². The third kappa shape index (κ3) is 2.44. The number of aromatic nitrogens is 2. The van der Waals surface area contributed by atoms with Crippen LogP contribution in [0.25, 0.3) is 11.5 Å². The van der Waals surface area contributed by atoms with Gasteiger partial charge in [0, 0.05) is 0 Å². The molecule has 0 saturated carbocycles. The van der Waals surface area contributed by atoms with Gasteiger partial charge in [0.15, 0.2) is 5.82 Å². The van der Waals surface area contributed by atoms with Crippen LogP contribution >= 0.6 is 0 Å². The van der Waals surface area contributed by atoms with Gasteiger partial charge in [-0.3, -0.25) is 9.69 Å². The summed E-state index contributed by atoms with van der Waals surface area (Å²) in [6.45, 7) is 1.30. The predicted octanol–water partition coefficient (Wildman–Crippen LogP) is 1.47. The summed E-state index contributed by atoms with van der Waals surface area (Å²) >= 11 is 0. The number of carbonyl (C=O) groups excluding carboxylic acids is 1. The molecule has 2 aromatic rings. The Morgan fingerprint density at radius 2 is 2.50 bits per heavy atom. The van der Waals surface area contributed by atoms with E-state index in [1.807, 2.05) is 4.90 Å². The maximum atomic E-state index is 11.7. The van der Waals surface area contributed by atoms with Crippen LogP contribution in [0, 0.1) is 0 Å². The van der Waals surface area contributed by atoms with Gasteiger partial charge in [0.25, 0.3) is 5.89 Å². The molecule has 1 fully saturated rings. The number of carbonyl (C=O) groups is 1. The highest BCUT2D eigenvalue weighted by atomic mass is 16.5. The van der Waals surface area contributed by atoms with Crippen LogP contribution in [0.1, 0.15) is 18.7 Å². The highest BCUT2D eigenvalue weighted by Crippen LogP contribution is 2.22. The van der Waals surface area contributed by atoms with Gasteiger partial charge in [-0.1, -0.05) is 5.16 Å². The van der Waals surface area contributed by atoms with E-state index in [1.165, 1.54) is 7.11 Å². The zero-order valence-corrected chi connectivity index (χ0v) is 11.1. The SMILES string of the molecule is COC(=O)C1CCCN1Cc1noc(-c2ccoc2)n1. The molecule has 1 aliphatic heterocycles. The molecule has 1 unspecified atom stereocenters. The number of rotatable bonds is 4. The lowest BCUT2D eigenvalue weighted by Crippen LogP contribution is -2.36. The number of nitrogens with zero attached hydrogens (tertiary/aromatic N) is 3. The van der Waals surface area contributed by atoms with Crippen molar-refractivity contribution in [1.29, 1.82) is 0 Å². The summed E-state index contributed by atoms with van der Waals surface area (Å²) in [5.74, 6) is 0.764. The van der Waals surface area contributed by atoms with Crippen molar-refractivity contribution in [1.82, 2.24) is 15.0 Å². The van der Waals surface area contributed by atoms with Crippen LogP contribution in [0.2, 0.25) is 0 Å². The van der Waals surface area contributed by atoms with Crippen molar-refractivity contribution < 1.29 is 18.5 Å². The molecule has 7 nitrogen and oxygen atoms in total. The van der Waals surface area contributed by atoms with Gasteiger partial charge in [-0.25, -0.2) is 0 Å². The number of hydrogen-bond acceptors (Lipinski definition) is 7. The highest BCUT2D eigenvalue weighted by Gasteiger charge is 2.32. The molecule has 106 valence electrons. The van der Waals surface area contributed by atoms with Gasteiger partial charge in [-0.05, 0) is 25.5 Å². The van der Waals surface area contributed by atoms with Crippen LogP contribution in [0.3, 0.4) is 0 Å². The van der Waals surface area contributed by atoms with Crippen LogP contribution in [0.15, 0.2) is 27.5 Å². The van der Waals surface area contributed by atoms with Crippen molar-refractivity contribution in [3.63, 3.8) is 0 Å². The topological polar surface area (TPSA) is 81.6 Å². The Morgan fingerprint density at radius 1 is 1.60 bits per heavy atom. The van der Waals surface area contributed by atoms with Crippen LogP contribution < -0.4 is 0 Å². The van der Waals surface area contributed by atoms with Crippen molar-refractivity contribution in [2.45, 2.75) is 25.4 Å². The summed E-state index contributed by atoms with van der Waals surface area (Å²) in [6, 6.07) is 1.54. The van der Waals surface area contributed by atoms with E-state index in [-0.39, 0.29) is 12.0 Å². The van der Waals surface area contributed by atoms with E-state index in [0.29, 0.717) is 18.3 Å². The molecule has 0 N–H and O–H groups in total. The fourth-order valence-corrected chi connectivity index (χ4v) is 2.42. The van der Waals surface area contributed by atoms with Gasteiger partial charge in [0.05, 0.1) is 25.5 Å². The fourth-order valence-electron chi connectivity index (χ4n) is 2.42. The van der Waals surface area contributed by atoms with Gasteiger partial charge in [-0.15, -0.1) is 0 Å². The Balaban J connectivity index is 1.70. The first kappa shape index (κ1) is 12.9. The van der Waals surface area contributed by atoms with Crippen LogP contribution in [0.5, 0.6) is 0 Å². The third-order valence-corrected chi connectivity index (χ3v) is 3.42. The molecule has 0 bridgehead atoms. The van der Waals surface area contributed by atoms with Crippen molar-refractivity contribution in [3.8, 4) is 11.5 Å². The molecule has 1 atom stereocenters. The zero-order valence-electron chi connectivity index (χ0n) is 11.1. The standard InChI is InChI=1S/C13H15N3O4/c1-18-13(17)10-3-2-5-16(10)7-11-14-12(20-15-11)9-4-6-19-8-9/h4,6,8,10H,2-3,5,7H2,1H3. The summed E-state index contributed by atoms with van der Waals surface area (Å²) in [7, 11) is 1.41. The largest absolute Gasteiger partial charge is 0.472 e. The first-order valence-corrected chi connectivity index (χ1v) is 6.45. The van der Waals surface area contributed by atoms with E-state index in [2.05, 4.69) is 10.1 Å². The number of likely N-dealkylation sites (tertiary alicyclic amines) is 1. The monoisotopic (exact) mass is 277 g/mol. The Kier molecular flexibility index (Phi) is 3.51. The number of hydrogen-bond donors (Lipinski definition) is 0. The Morgan fingerprint density at radius 3 is 3.25 bits per heavy atom. The molecule has 3 rings (SSSR count). The maximum absolute atomic E-state index is 11.7. The number of ether oxygens (including phenoxy) is 1. The van der Waals surface area contributed by atoms with E-state index in [1.54, 1.807) is 18.6 Å². The molecule has 0 radical (unpaired) electrons. The van der Waals surface area contributed by atoms with Crippen LogP contribution in [0.4, 0.5) is 0 Å². The molecule has 0 amide bonds. The van der Waals surface area contributed by atoms with Gasteiger partial charge in [0.2, 0.25) is 0 Å². The lowest BCUT2D eigenvalue weighted by Gasteiger charge is -2.20. The summed E-state index contributed by atoms with van der Waals surface area (Å²) in [5.41, 5.74) is 0.745. The third-order valence-electron chi connectivity index (χ3n) is 3.42. The minimum absolute atomic E-state index is 0.207. The van der Waals surface area contributed by atoms with Crippen LogP contribution in [-0.2, 0) is 16.1 Å². The normalized spacial score (nSPS) is 19.4. The molecule has 0 aromatic carbocycles. The second kappa shape index (κ2) is 5.46. The number of methoxy groups -OCH3 is 1. The molecular formula is C13H15N3O4. The maximum Gasteiger partial charge on any atom is 0.323 e. The van der Waals surface area contributed by atoms with Gasteiger partial charge in [0.1, 0.15) is 12.3 Å². The minimum atomic E-state index is -0.212. The molecular weight excluding hydrogens is 262 g/mol. The van der Waals surface area contributed by atoms with E-state index >= 15 is 0 Å². The predicted molar refractivity (Wildman–Crippen MR) is 67.4 cm³/mol. The number of esters is 1. The molecule has 1 saturated heterocycles. The molecule has 0 aliphatic carbocycles. The second-order valence-corrected chi connectivity index (χ2v) is 4.68. The molecule has 1 aliphatic rings. The Bertz CT molecular complexity index is 578. The lowest BCUT2D eigenvalue weighted by molar-refractivity contribution is -0.146. The summed E-state index contributed by atoms with van der Waals surface area (Å²) in [4.78, 5) is 18.0. The Hall–Kier alpha value is -2.15. The van der Waals surface area contributed by atoms with Gasteiger partial charge in [-0.2, -0.15) is 4.98 Å². The highest BCUT2D eigenvalue weighted by molar-refractivity contribution is 5.75. The zero-order chi connectivity index (χ0) is 13.9. The molecule has 3 heterocycles. The van der Waals surface area contributed by atoms with Crippen molar-refractivity contribution in [3.05, 3.63) is 24.4 Å². The van der Waals surface area contributed by atoms with Crippen LogP contribution in [-0.4, -0.2) is 40.7 Å². The van der Waals surface area contributed by atoms with Crippen molar-refractivity contribution >= 4 is 5.97 Å². The first-order valence-electron chi connectivity index (χ1n) is 6.45. The van der Waals surface area contributed by atoms with E-state index < -0.39 is 0 Å². The summed E-state index contributed by atoms with van der Waals surface area (Å²) in [6.07, 6.45) is 4.86. The van der Waals surface area contributed by atoms with E-state index in [9.17, 15) is 4.79 Å². The summed E-state index contributed by atoms with van der Waals surface area (Å²) < 4.78 is 15.0. The average Bonchev–Trinajstić information content (AvgIpc) is 3.19. The Labute approximate surface area is 115 Å². The molecule has 2 aromatic heterocycles. The lowest BCUT2D eigenvalue weighted by atomic mass is 10.2. The van der Waals surface area contributed by atoms with Gasteiger partial charge < -0.3 is 13.7 Å². The molecule has 7 heteroatoms. The smallest absolute Gasteiger partial charge is 0.323 e. The fraction of sp³-hybridized carbons (Fsp3) is 0.462. The van der Waals surface area contributed by atoms with Crippen molar-refractivity contribution in [2.24, 2.45) is 0 Å². The molecule has 0 spiro atoms. The quantitative estimate of drug-likeness (QED) is 0.782. The number of furan rings is 1. The van der Waals surface area contributed by atoms with E-state index in [0.717, 1.165) is 24.9 Å². The minimum Gasteiger partial charge on any atom is -0.472 e. The average molecular weight is 277 g/mol.